The smallest absolute Gasteiger partial charge is 0.239 e. The first kappa shape index (κ1) is 17.9. The van der Waals surface area contributed by atoms with Gasteiger partial charge < -0.3 is 8.83 Å². The maximum atomic E-state index is 6.45. The van der Waals surface area contributed by atoms with E-state index in [-0.39, 0.29) is 5.16 Å². The topological polar surface area (TPSA) is 18.5 Å². The van der Waals surface area contributed by atoms with E-state index < -0.39 is 16.5 Å². The second kappa shape index (κ2) is 7.74. The Bertz CT molecular complexity index is 377. The average molecular weight is 314 g/mol. The largest absolute Gasteiger partial charge is 0.447 e. The van der Waals surface area contributed by atoms with Gasteiger partial charge in [-0.25, -0.2) is 0 Å². The van der Waals surface area contributed by atoms with Crippen LogP contribution in [0.25, 0.3) is 0 Å². The van der Waals surface area contributed by atoms with Gasteiger partial charge in [0, 0.05) is 13.3 Å². The lowest BCUT2D eigenvalue weighted by Crippen LogP contribution is -2.17. The molecule has 20 heavy (non-hydrogen) atoms. The van der Waals surface area contributed by atoms with Crippen LogP contribution in [0.3, 0.4) is 0 Å². The minimum atomic E-state index is -0.953. The molecule has 0 fully saturated rings. The predicted octanol–water partition coefficient (Wildman–Crippen LogP) is 6.41. The summed E-state index contributed by atoms with van der Waals surface area (Å²) in [4.78, 5) is 0. The fraction of sp³-hybridized carbons (Fsp3) is 0.625. The van der Waals surface area contributed by atoms with Crippen molar-refractivity contribution in [2.45, 2.75) is 64.9 Å². The van der Waals surface area contributed by atoms with Crippen LogP contribution in [0.2, 0.25) is 0 Å². The first-order valence-corrected chi connectivity index (χ1v) is 9.79. The predicted molar refractivity (Wildman–Crippen MR) is 92.0 cm³/mol. The van der Waals surface area contributed by atoms with Crippen molar-refractivity contribution in [2.75, 3.05) is 0 Å². The van der Waals surface area contributed by atoms with Gasteiger partial charge in [-0.1, -0.05) is 66.7 Å². The summed E-state index contributed by atoms with van der Waals surface area (Å²) >= 11 is 0. The van der Waals surface area contributed by atoms with Crippen LogP contribution < -0.4 is 4.52 Å². The van der Waals surface area contributed by atoms with E-state index >= 15 is 0 Å². The van der Waals surface area contributed by atoms with Crippen LogP contribution in [0.4, 0.5) is 0 Å². The zero-order valence-electron chi connectivity index (χ0n) is 13.8. The highest BCUT2D eigenvalue weighted by atomic mass is 31.2. The van der Waals surface area contributed by atoms with Crippen LogP contribution in [0, 0.1) is 0 Å². The minimum absolute atomic E-state index is 0.00946. The Balaban J connectivity index is 2.85. The molecule has 0 aromatic heterocycles. The van der Waals surface area contributed by atoms with E-state index in [4.69, 9.17) is 8.83 Å². The summed E-state index contributed by atoms with van der Waals surface area (Å²) in [6, 6.07) is 10.00. The van der Waals surface area contributed by atoms with Gasteiger partial charge in [-0.3, -0.25) is 0 Å². The highest BCUT2D eigenvalue weighted by molar-refractivity contribution is 7.65. The standard InChI is InChI=1S/C16H28O2P2/c1-13(2)19(14(3)4)18-20(16(5,6)7)17-15-11-9-8-10-12-15/h8-14H,1-7H3. The van der Waals surface area contributed by atoms with Gasteiger partial charge in [0.05, 0.1) is 0 Å². The summed E-state index contributed by atoms with van der Waals surface area (Å²) in [5.41, 5.74) is 1.11. The van der Waals surface area contributed by atoms with Crippen LogP contribution >= 0.6 is 16.5 Å². The zero-order valence-corrected chi connectivity index (χ0v) is 15.5. The van der Waals surface area contributed by atoms with Crippen molar-refractivity contribution in [2.24, 2.45) is 0 Å². The van der Waals surface area contributed by atoms with Gasteiger partial charge >= 0.3 is 0 Å². The first-order valence-electron chi connectivity index (χ1n) is 7.21. The van der Waals surface area contributed by atoms with E-state index in [0.29, 0.717) is 11.3 Å². The highest BCUT2D eigenvalue weighted by Gasteiger charge is 2.34. The zero-order chi connectivity index (χ0) is 15.3. The molecule has 1 aromatic carbocycles. The van der Waals surface area contributed by atoms with Crippen molar-refractivity contribution >= 4 is 16.5 Å². The van der Waals surface area contributed by atoms with Gasteiger partial charge in [0.2, 0.25) is 8.38 Å². The molecular formula is C16H28O2P2. The second-order valence-corrected chi connectivity index (χ2v) is 11.9. The van der Waals surface area contributed by atoms with Gasteiger partial charge in [0.15, 0.2) is 0 Å². The van der Waals surface area contributed by atoms with Gasteiger partial charge in [-0.05, 0) is 23.5 Å². The van der Waals surface area contributed by atoms with E-state index in [1.54, 1.807) is 0 Å². The molecule has 0 radical (unpaired) electrons. The third-order valence-corrected chi connectivity index (χ3v) is 7.52. The molecule has 1 atom stereocenters. The number of rotatable bonds is 6. The molecule has 1 rings (SSSR count). The fourth-order valence-electron chi connectivity index (χ4n) is 1.72. The molecule has 0 aliphatic carbocycles. The summed E-state index contributed by atoms with van der Waals surface area (Å²) in [5.74, 6) is 0.899. The van der Waals surface area contributed by atoms with E-state index in [1.165, 1.54) is 0 Å². The van der Waals surface area contributed by atoms with Crippen LogP contribution in [0.5, 0.6) is 5.75 Å². The molecular weight excluding hydrogens is 286 g/mol. The van der Waals surface area contributed by atoms with E-state index in [2.05, 4.69) is 48.5 Å². The van der Waals surface area contributed by atoms with E-state index in [9.17, 15) is 0 Å². The second-order valence-electron chi connectivity index (χ2n) is 6.46. The number of hydrogen-bond acceptors (Lipinski definition) is 2. The SMILES string of the molecule is CC(C)P(OP(Oc1ccccc1)C(C)(C)C)C(C)C. The van der Waals surface area contributed by atoms with Gasteiger partial charge in [0.1, 0.15) is 5.75 Å². The average Bonchev–Trinajstić information content (AvgIpc) is 2.33. The Kier molecular flexibility index (Phi) is 6.92. The van der Waals surface area contributed by atoms with Crippen molar-refractivity contribution in [1.82, 2.24) is 0 Å². The Morgan fingerprint density at radius 2 is 1.40 bits per heavy atom. The molecule has 114 valence electrons. The molecule has 0 aliphatic rings. The van der Waals surface area contributed by atoms with Gasteiger partial charge in [-0.15, -0.1) is 0 Å². The Morgan fingerprint density at radius 1 is 0.900 bits per heavy atom. The lowest BCUT2D eigenvalue weighted by Gasteiger charge is -2.35. The molecule has 0 heterocycles. The van der Waals surface area contributed by atoms with Crippen LogP contribution in [-0.4, -0.2) is 16.5 Å². The fourth-order valence-corrected chi connectivity index (χ4v) is 6.81. The molecule has 4 heteroatoms. The molecule has 0 aliphatic heterocycles. The maximum absolute atomic E-state index is 6.45. The normalized spacial score (nSPS) is 14.1. The maximum Gasteiger partial charge on any atom is 0.239 e. The lowest BCUT2D eigenvalue weighted by molar-refractivity contribution is 0.470. The van der Waals surface area contributed by atoms with Crippen molar-refractivity contribution in [3.8, 4) is 5.75 Å². The van der Waals surface area contributed by atoms with Gasteiger partial charge in [-0.2, -0.15) is 0 Å². The number of benzene rings is 1. The van der Waals surface area contributed by atoms with Crippen molar-refractivity contribution in [3.63, 3.8) is 0 Å². The summed E-state index contributed by atoms with van der Waals surface area (Å²) in [6.45, 7) is 15.5. The molecule has 0 saturated carbocycles. The third-order valence-electron chi connectivity index (χ3n) is 2.67. The van der Waals surface area contributed by atoms with E-state index in [0.717, 1.165) is 5.75 Å². The van der Waals surface area contributed by atoms with Crippen molar-refractivity contribution in [3.05, 3.63) is 30.3 Å². The van der Waals surface area contributed by atoms with Gasteiger partial charge in [0.25, 0.3) is 0 Å². The summed E-state index contributed by atoms with van der Waals surface area (Å²) in [6.07, 6.45) is 0. The Morgan fingerprint density at radius 3 is 1.80 bits per heavy atom. The lowest BCUT2D eigenvalue weighted by atomic mass is 10.3. The molecule has 2 nitrogen and oxygen atoms in total. The van der Waals surface area contributed by atoms with E-state index in [1.807, 2.05) is 30.3 Å². The Labute approximate surface area is 127 Å². The number of para-hydroxylation sites is 1. The quantitative estimate of drug-likeness (QED) is 0.565. The third kappa shape index (κ3) is 5.68. The monoisotopic (exact) mass is 314 g/mol. The molecule has 1 aromatic rings. The molecule has 0 amide bonds. The summed E-state index contributed by atoms with van der Waals surface area (Å²) < 4.78 is 12.6. The molecule has 1 unspecified atom stereocenters. The molecule has 0 N–H and O–H groups in total. The molecule has 0 bridgehead atoms. The molecule has 0 spiro atoms. The summed E-state index contributed by atoms with van der Waals surface area (Å²) in [7, 11) is -1.43. The van der Waals surface area contributed by atoms with Crippen molar-refractivity contribution < 1.29 is 8.83 Å². The molecule has 0 saturated heterocycles. The highest BCUT2D eigenvalue weighted by Crippen LogP contribution is 2.63. The first-order chi connectivity index (χ1) is 9.21. The summed E-state index contributed by atoms with van der Waals surface area (Å²) in [5, 5.41) is 0.00946. The number of hydrogen-bond donors (Lipinski definition) is 0. The Hall–Kier alpha value is -0.160. The van der Waals surface area contributed by atoms with Crippen LogP contribution in [0.15, 0.2) is 30.3 Å². The van der Waals surface area contributed by atoms with Crippen molar-refractivity contribution in [1.29, 1.82) is 0 Å². The van der Waals surface area contributed by atoms with Crippen LogP contribution in [-0.2, 0) is 4.31 Å². The van der Waals surface area contributed by atoms with Crippen LogP contribution in [0.1, 0.15) is 48.5 Å². The minimum Gasteiger partial charge on any atom is -0.447 e.